The lowest BCUT2D eigenvalue weighted by Crippen LogP contribution is -2.35. The van der Waals surface area contributed by atoms with Crippen LogP contribution in [0.3, 0.4) is 0 Å². The lowest BCUT2D eigenvalue weighted by molar-refractivity contribution is -0.128. The average Bonchev–Trinajstić information content (AvgIpc) is 2.71. The smallest absolute Gasteiger partial charge is 0.238 e. The summed E-state index contributed by atoms with van der Waals surface area (Å²) in [7, 11) is 0. The van der Waals surface area contributed by atoms with Gasteiger partial charge in [0.25, 0.3) is 0 Å². The van der Waals surface area contributed by atoms with E-state index >= 15 is 0 Å². The Bertz CT molecular complexity index is 456. The van der Waals surface area contributed by atoms with Crippen LogP contribution in [0.1, 0.15) is 38.1 Å². The predicted octanol–water partition coefficient (Wildman–Crippen LogP) is 2.72. The van der Waals surface area contributed by atoms with Gasteiger partial charge < -0.3 is 4.90 Å². The number of hydrogen-bond acceptors (Lipinski definition) is 2. The molecule has 1 aliphatic rings. The van der Waals surface area contributed by atoms with Crippen molar-refractivity contribution in [2.75, 3.05) is 13.1 Å². The van der Waals surface area contributed by atoms with E-state index in [0.717, 1.165) is 6.54 Å². The number of amides is 1. The van der Waals surface area contributed by atoms with Crippen LogP contribution in [0.25, 0.3) is 0 Å². The van der Waals surface area contributed by atoms with Gasteiger partial charge in [-0.3, -0.25) is 10.1 Å². The highest BCUT2D eigenvalue weighted by molar-refractivity contribution is 5.81. The minimum Gasteiger partial charge on any atom is -0.322 e. The normalized spacial score (nSPS) is 21.2. The Morgan fingerprint density at radius 3 is 2.74 bits per heavy atom. The molecule has 1 aromatic rings. The second-order valence-electron chi connectivity index (χ2n) is 5.96. The summed E-state index contributed by atoms with van der Waals surface area (Å²) in [6, 6.07) is 8.39. The zero-order chi connectivity index (χ0) is 14.0. The van der Waals surface area contributed by atoms with E-state index in [9.17, 15) is 4.79 Å². The second kappa shape index (κ2) is 5.74. The number of aryl methyl sites for hydroxylation is 1. The first-order valence-corrected chi connectivity index (χ1v) is 7.08. The van der Waals surface area contributed by atoms with Crippen molar-refractivity contribution in [1.82, 2.24) is 10.2 Å². The molecule has 0 saturated carbocycles. The van der Waals surface area contributed by atoms with Gasteiger partial charge in [-0.1, -0.05) is 50.6 Å². The number of benzene rings is 1. The van der Waals surface area contributed by atoms with Crippen molar-refractivity contribution < 1.29 is 4.79 Å². The number of carbonyl (C=O) groups excluding carboxylic acids is 1. The van der Waals surface area contributed by atoms with E-state index in [0.29, 0.717) is 18.4 Å². The molecule has 1 heterocycles. The van der Waals surface area contributed by atoms with Crippen LogP contribution in [0, 0.1) is 18.8 Å². The molecule has 0 aliphatic carbocycles. The molecule has 1 amide bonds. The average molecular weight is 260 g/mol. The van der Waals surface area contributed by atoms with Crippen molar-refractivity contribution in [3.8, 4) is 0 Å². The van der Waals surface area contributed by atoms with E-state index in [1.54, 1.807) is 0 Å². The first-order valence-electron chi connectivity index (χ1n) is 7.08. The quantitative estimate of drug-likeness (QED) is 0.902. The third-order valence-corrected chi connectivity index (χ3v) is 4.06. The number of nitrogens with zero attached hydrogens (tertiary/aromatic N) is 1. The van der Waals surface area contributed by atoms with Gasteiger partial charge in [-0.25, -0.2) is 0 Å². The number of nitrogens with one attached hydrogen (secondary N) is 1. The molecule has 19 heavy (non-hydrogen) atoms. The third kappa shape index (κ3) is 3.16. The lowest BCUT2D eigenvalue weighted by atomic mass is 9.97. The molecule has 1 aliphatic heterocycles. The van der Waals surface area contributed by atoms with Crippen LogP contribution in [0.2, 0.25) is 0 Å². The number of rotatable bonds is 4. The van der Waals surface area contributed by atoms with E-state index < -0.39 is 0 Å². The summed E-state index contributed by atoms with van der Waals surface area (Å²) in [5, 5.41) is 3.32. The van der Waals surface area contributed by atoms with Crippen LogP contribution in [0.4, 0.5) is 0 Å². The number of hydrogen-bond donors (Lipinski definition) is 1. The zero-order valence-electron chi connectivity index (χ0n) is 12.3. The lowest BCUT2D eigenvalue weighted by Gasteiger charge is -2.29. The molecule has 2 atom stereocenters. The van der Waals surface area contributed by atoms with E-state index in [-0.39, 0.29) is 12.1 Å². The molecule has 0 spiro atoms. The summed E-state index contributed by atoms with van der Waals surface area (Å²) in [5.41, 5.74) is 2.41. The van der Waals surface area contributed by atoms with E-state index in [1.807, 2.05) is 4.90 Å². The standard InChI is InChI=1S/C16H24N2O/c1-11(2)13(4)10-18-15(19)9-17-16(18)14-7-5-6-12(3)8-14/h5-8,11,13,16-17H,9-10H2,1-4H3. The van der Waals surface area contributed by atoms with E-state index in [2.05, 4.69) is 57.3 Å². The topological polar surface area (TPSA) is 32.3 Å². The summed E-state index contributed by atoms with van der Waals surface area (Å²) in [6.45, 7) is 9.98. The molecular formula is C16H24N2O. The largest absolute Gasteiger partial charge is 0.322 e. The number of carbonyl (C=O) groups is 1. The van der Waals surface area contributed by atoms with Crippen LogP contribution in [-0.4, -0.2) is 23.9 Å². The predicted molar refractivity (Wildman–Crippen MR) is 77.6 cm³/mol. The fourth-order valence-corrected chi connectivity index (χ4v) is 2.41. The van der Waals surface area contributed by atoms with Crippen molar-refractivity contribution in [3.63, 3.8) is 0 Å². The summed E-state index contributed by atoms with van der Waals surface area (Å²) in [4.78, 5) is 14.1. The van der Waals surface area contributed by atoms with Gasteiger partial charge in [0.15, 0.2) is 0 Å². The molecule has 1 N–H and O–H groups in total. The van der Waals surface area contributed by atoms with Gasteiger partial charge in [-0.05, 0) is 24.3 Å². The molecule has 104 valence electrons. The molecular weight excluding hydrogens is 236 g/mol. The Morgan fingerprint density at radius 2 is 2.11 bits per heavy atom. The maximum absolute atomic E-state index is 12.1. The van der Waals surface area contributed by atoms with Crippen molar-refractivity contribution in [2.45, 2.75) is 33.9 Å². The molecule has 1 aromatic carbocycles. The molecule has 1 saturated heterocycles. The Labute approximate surface area is 116 Å². The van der Waals surface area contributed by atoms with Gasteiger partial charge in [-0.2, -0.15) is 0 Å². The van der Waals surface area contributed by atoms with Crippen LogP contribution < -0.4 is 5.32 Å². The van der Waals surface area contributed by atoms with Crippen LogP contribution in [0.15, 0.2) is 24.3 Å². The van der Waals surface area contributed by atoms with Crippen molar-refractivity contribution in [1.29, 1.82) is 0 Å². The highest BCUT2D eigenvalue weighted by Crippen LogP contribution is 2.25. The molecule has 2 rings (SSSR count). The van der Waals surface area contributed by atoms with Crippen LogP contribution in [-0.2, 0) is 4.79 Å². The van der Waals surface area contributed by atoms with Gasteiger partial charge >= 0.3 is 0 Å². The Balaban J connectivity index is 2.17. The summed E-state index contributed by atoms with van der Waals surface area (Å²) >= 11 is 0. The Kier molecular flexibility index (Phi) is 4.25. The second-order valence-corrected chi connectivity index (χ2v) is 5.96. The monoisotopic (exact) mass is 260 g/mol. The summed E-state index contributed by atoms with van der Waals surface area (Å²) in [6.07, 6.45) is 0.0357. The van der Waals surface area contributed by atoms with Gasteiger partial charge in [0.2, 0.25) is 5.91 Å². The Morgan fingerprint density at radius 1 is 1.37 bits per heavy atom. The molecule has 1 fully saturated rings. The maximum atomic E-state index is 12.1. The van der Waals surface area contributed by atoms with Crippen molar-refractivity contribution >= 4 is 5.91 Å². The minimum atomic E-state index is 0.0357. The van der Waals surface area contributed by atoms with E-state index in [1.165, 1.54) is 11.1 Å². The highest BCUT2D eigenvalue weighted by atomic mass is 16.2. The van der Waals surface area contributed by atoms with Crippen molar-refractivity contribution in [2.24, 2.45) is 11.8 Å². The molecule has 3 nitrogen and oxygen atoms in total. The Hall–Kier alpha value is -1.35. The molecule has 0 radical (unpaired) electrons. The summed E-state index contributed by atoms with van der Waals surface area (Å²) in [5.74, 6) is 1.31. The van der Waals surface area contributed by atoms with Crippen LogP contribution in [0.5, 0.6) is 0 Å². The minimum absolute atomic E-state index is 0.0357. The van der Waals surface area contributed by atoms with Crippen LogP contribution >= 0.6 is 0 Å². The summed E-state index contributed by atoms with van der Waals surface area (Å²) < 4.78 is 0. The zero-order valence-corrected chi connectivity index (χ0v) is 12.3. The van der Waals surface area contributed by atoms with Crippen molar-refractivity contribution in [3.05, 3.63) is 35.4 Å². The van der Waals surface area contributed by atoms with Gasteiger partial charge in [0, 0.05) is 6.54 Å². The van der Waals surface area contributed by atoms with E-state index in [4.69, 9.17) is 0 Å². The first kappa shape index (κ1) is 14.1. The molecule has 2 unspecified atom stereocenters. The fraction of sp³-hybridized carbons (Fsp3) is 0.562. The van der Waals surface area contributed by atoms with Gasteiger partial charge in [0.1, 0.15) is 6.17 Å². The molecule has 0 aromatic heterocycles. The van der Waals surface area contributed by atoms with Gasteiger partial charge in [0.05, 0.1) is 6.54 Å². The third-order valence-electron chi connectivity index (χ3n) is 4.06. The fourth-order valence-electron chi connectivity index (χ4n) is 2.41. The SMILES string of the molecule is Cc1cccc(C2NCC(=O)N2CC(C)C(C)C)c1. The maximum Gasteiger partial charge on any atom is 0.238 e. The first-order chi connectivity index (χ1) is 8.99. The van der Waals surface area contributed by atoms with Gasteiger partial charge in [-0.15, -0.1) is 0 Å². The highest BCUT2D eigenvalue weighted by Gasteiger charge is 2.32. The molecule has 0 bridgehead atoms. The molecule has 3 heteroatoms.